The molecule has 0 aliphatic carbocycles. The minimum atomic E-state index is -3.32. The fourth-order valence-electron chi connectivity index (χ4n) is 3.14. The van der Waals surface area contributed by atoms with Crippen molar-refractivity contribution >= 4 is 21.2 Å². The predicted octanol–water partition coefficient (Wildman–Crippen LogP) is 2.43. The van der Waals surface area contributed by atoms with Crippen molar-refractivity contribution in [3.8, 4) is 0 Å². The van der Waals surface area contributed by atoms with Crippen LogP contribution < -0.4 is 4.72 Å². The topological polar surface area (TPSA) is 78.1 Å². The third kappa shape index (κ3) is 3.79. The standard InChI is InChI=1S/C17H26N4O2S/c1-13-8-9-15-17(14(13)2)20-16(19-15)7-6-10-18-24(22,23)21-11-4-3-5-12-21/h8-9,18H,3-7,10-12H2,1-2H3,(H,19,20). The summed E-state index contributed by atoms with van der Waals surface area (Å²) < 4.78 is 28.7. The van der Waals surface area contributed by atoms with Crippen LogP contribution in [0.2, 0.25) is 0 Å². The van der Waals surface area contributed by atoms with Crippen LogP contribution in [0.4, 0.5) is 0 Å². The maximum absolute atomic E-state index is 12.2. The normalized spacial score (nSPS) is 16.8. The number of nitrogens with one attached hydrogen (secondary N) is 2. The number of aromatic amines is 1. The number of hydrogen-bond donors (Lipinski definition) is 2. The molecule has 2 N–H and O–H groups in total. The molecule has 0 atom stereocenters. The monoisotopic (exact) mass is 350 g/mol. The van der Waals surface area contributed by atoms with Crippen LogP contribution in [-0.4, -0.2) is 42.3 Å². The molecule has 0 radical (unpaired) electrons. The molecular formula is C17H26N4O2S. The van der Waals surface area contributed by atoms with E-state index in [1.165, 1.54) is 11.1 Å². The van der Waals surface area contributed by atoms with E-state index in [4.69, 9.17) is 0 Å². The SMILES string of the molecule is Cc1ccc2[nH]c(CCCNS(=O)(=O)N3CCCCC3)nc2c1C. The Labute approximate surface area is 143 Å². The van der Waals surface area contributed by atoms with Crippen molar-refractivity contribution in [3.05, 3.63) is 29.1 Å². The minimum absolute atomic E-state index is 0.438. The minimum Gasteiger partial charge on any atom is -0.342 e. The number of benzene rings is 1. The average Bonchev–Trinajstić information content (AvgIpc) is 3.00. The van der Waals surface area contributed by atoms with Crippen molar-refractivity contribution in [2.45, 2.75) is 46.0 Å². The van der Waals surface area contributed by atoms with E-state index >= 15 is 0 Å². The van der Waals surface area contributed by atoms with E-state index < -0.39 is 10.2 Å². The Balaban J connectivity index is 1.54. The maximum atomic E-state index is 12.2. The summed E-state index contributed by atoms with van der Waals surface area (Å²) in [6.07, 6.45) is 4.49. The van der Waals surface area contributed by atoms with Crippen molar-refractivity contribution in [2.24, 2.45) is 0 Å². The number of H-pyrrole nitrogens is 1. The average molecular weight is 350 g/mol. The fraction of sp³-hybridized carbons (Fsp3) is 0.588. The fourth-order valence-corrected chi connectivity index (χ4v) is 4.46. The molecule has 0 bridgehead atoms. The van der Waals surface area contributed by atoms with E-state index in [-0.39, 0.29) is 0 Å². The van der Waals surface area contributed by atoms with E-state index in [1.54, 1.807) is 4.31 Å². The van der Waals surface area contributed by atoms with Crippen LogP contribution in [0, 0.1) is 13.8 Å². The van der Waals surface area contributed by atoms with Gasteiger partial charge in [-0.25, -0.2) is 9.71 Å². The lowest BCUT2D eigenvalue weighted by atomic mass is 10.1. The lowest BCUT2D eigenvalue weighted by molar-refractivity contribution is 0.341. The number of piperidine rings is 1. The van der Waals surface area contributed by atoms with Gasteiger partial charge in [-0.15, -0.1) is 0 Å². The highest BCUT2D eigenvalue weighted by molar-refractivity contribution is 7.87. The molecule has 0 unspecified atom stereocenters. The van der Waals surface area contributed by atoms with Gasteiger partial charge in [0.15, 0.2) is 0 Å². The van der Waals surface area contributed by atoms with E-state index in [1.807, 2.05) is 6.07 Å². The molecule has 1 aliphatic heterocycles. The predicted molar refractivity (Wildman–Crippen MR) is 96.2 cm³/mol. The Kier molecular flexibility index (Phi) is 5.22. The lowest BCUT2D eigenvalue weighted by Gasteiger charge is -2.25. The molecule has 0 spiro atoms. The first-order valence-electron chi connectivity index (χ1n) is 8.67. The molecular weight excluding hydrogens is 324 g/mol. The Morgan fingerprint density at radius 2 is 1.96 bits per heavy atom. The summed E-state index contributed by atoms with van der Waals surface area (Å²) in [6.45, 7) is 5.87. The molecule has 1 aromatic heterocycles. The van der Waals surface area contributed by atoms with E-state index in [0.29, 0.717) is 19.6 Å². The molecule has 3 rings (SSSR count). The van der Waals surface area contributed by atoms with Gasteiger partial charge < -0.3 is 4.98 Å². The zero-order valence-corrected chi connectivity index (χ0v) is 15.2. The molecule has 2 aromatic rings. The first-order chi connectivity index (χ1) is 11.5. The van der Waals surface area contributed by atoms with E-state index in [2.05, 4.69) is 34.6 Å². The first kappa shape index (κ1) is 17.4. The van der Waals surface area contributed by atoms with Crippen molar-refractivity contribution in [1.29, 1.82) is 0 Å². The zero-order chi connectivity index (χ0) is 17.2. The third-order valence-corrected chi connectivity index (χ3v) is 6.37. The highest BCUT2D eigenvalue weighted by Crippen LogP contribution is 2.19. The third-order valence-electron chi connectivity index (χ3n) is 4.76. The van der Waals surface area contributed by atoms with Crippen molar-refractivity contribution in [3.63, 3.8) is 0 Å². The van der Waals surface area contributed by atoms with Gasteiger partial charge in [-0.1, -0.05) is 12.5 Å². The largest absolute Gasteiger partial charge is 0.342 e. The molecule has 7 heteroatoms. The van der Waals surface area contributed by atoms with E-state index in [0.717, 1.165) is 49.0 Å². The number of rotatable bonds is 6. The van der Waals surface area contributed by atoms with Crippen LogP contribution in [-0.2, 0) is 16.6 Å². The Bertz CT molecular complexity index is 807. The summed E-state index contributed by atoms with van der Waals surface area (Å²) in [5.74, 6) is 0.913. The Morgan fingerprint density at radius 3 is 2.71 bits per heavy atom. The molecule has 2 heterocycles. The van der Waals surface area contributed by atoms with Gasteiger partial charge in [0.2, 0.25) is 0 Å². The van der Waals surface area contributed by atoms with Gasteiger partial charge >= 0.3 is 0 Å². The smallest absolute Gasteiger partial charge is 0.279 e. The second-order valence-corrected chi connectivity index (χ2v) is 8.30. The number of imidazole rings is 1. The molecule has 1 aliphatic rings. The number of hydrogen-bond acceptors (Lipinski definition) is 3. The van der Waals surface area contributed by atoms with Gasteiger partial charge in [-0.2, -0.15) is 12.7 Å². The molecule has 24 heavy (non-hydrogen) atoms. The van der Waals surface area contributed by atoms with Gasteiger partial charge in [-0.05, 0) is 50.3 Å². The van der Waals surface area contributed by atoms with Gasteiger partial charge in [0.1, 0.15) is 5.82 Å². The Morgan fingerprint density at radius 1 is 1.21 bits per heavy atom. The number of fused-ring (bicyclic) bond motifs is 1. The number of aromatic nitrogens is 2. The summed E-state index contributed by atoms with van der Waals surface area (Å²) in [6, 6.07) is 4.14. The molecule has 6 nitrogen and oxygen atoms in total. The summed E-state index contributed by atoms with van der Waals surface area (Å²) in [7, 11) is -3.32. The molecule has 1 fully saturated rings. The van der Waals surface area contributed by atoms with Gasteiger partial charge in [0.25, 0.3) is 10.2 Å². The van der Waals surface area contributed by atoms with Crippen LogP contribution in [0.1, 0.15) is 42.6 Å². The number of aryl methyl sites for hydroxylation is 3. The van der Waals surface area contributed by atoms with Crippen molar-refractivity contribution in [2.75, 3.05) is 19.6 Å². The van der Waals surface area contributed by atoms with Gasteiger partial charge in [0, 0.05) is 26.1 Å². The zero-order valence-electron chi connectivity index (χ0n) is 14.4. The lowest BCUT2D eigenvalue weighted by Crippen LogP contribution is -2.43. The highest BCUT2D eigenvalue weighted by atomic mass is 32.2. The molecule has 1 aromatic carbocycles. The van der Waals surface area contributed by atoms with Crippen LogP contribution in [0.25, 0.3) is 11.0 Å². The second-order valence-electron chi connectivity index (χ2n) is 6.55. The summed E-state index contributed by atoms with van der Waals surface area (Å²) in [5, 5.41) is 0. The summed E-state index contributed by atoms with van der Waals surface area (Å²) >= 11 is 0. The summed E-state index contributed by atoms with van der Waals surface area (Å²) in [4.78, 5) is 7.98. The van der Waals surface area contributed by atoms with Crippen molar-refractivity contribution in [1.82, 2.24) is 19.0 Å². The first-order valence-corrected chi connectivity index (χ1v) is 10.1. The molecule has 132 valence electrons. The van der Waals surface area contributed by atoms with Gasteiger partial charge in [-0.3, -0.25) is 0 Å². The maximum Gasteiger partial charge on any atom is 0.279 e. The number of nitrogens with zero attached hydrogens (tertiary/aromatic N) is 2. The second kappa shape index (κ2) is 7.21. The van der Waals surface area contributed by atoms with Crippen LogP contribution in [0.5, 0.6) is 0 Å². The molecule has 1 saturated heterocycles. The van der Waals surface area contributed by atoms with Crippen molar-refractivity contribution < 1.29 is 8.42 Å². The highest BCUT2D eigenvalue weighted by Gasteiger charge is 2.22. The molecule has 0 amide bonds. The summed E-state index contributed by atoms with van der Waals surface area (Å²) in [5.41, 5.74) is 4.48. The van der Waals surface area contributed by atoms with Crippen LogP contribution in [0.3, 0.4) is 0 Å². The van der Waals surface area contributed by atoms with E-state index in [9.17, 15) is 8.42 Å². The van der Waals surface area contributed by atoms with Gasteiger partial charge in [0.05, 0.1) is 11.0 Å². The van der Waals surface area contributed by atoms with Crippen LogP contribution >= 0.6 is 0 Å². The molecule has 0 saturated carbocycles. The Hall–Kier alpha value is -1.44. The van der Waals surface area contributed by atoms with Crippen LogP contribution in [0.15, 0.2) is 12.1 Å². The quantitative estimate of drug-likeness (QED) is 0.786.